The fourth-order valence-electron chi connectivity index (χ4n) is 4.68. The van der Waals surface area contributed by atoms with Gasteiger partial charge >= 0.3 is 0 Å². The number of halogens is 1. The van der Waals surface area contributed by atoms with Crippen molar-refractivity contribution in [3.8, 4) is 0 Å². The SMILES string of the molecule is C[C@H](C(=O)NC1CCCC1)N(C(=O)c1snc(C(=O)NC2CCCC2)c1N)c1ccc(Cl)cc1. The second-order valence-corrected chi connectivity index (χ2v) is 10.3. The molecular weight excluding hydrogens is 474 g/mol. The third-order valence-corrected chi connectivity index (χ3v) is 7.72. The van der Waals surface area contributed by atoms with Crippen molar-refractivity contribution < 1.29 is 14.4 Å². The molecule has 0 bridgehead atoms. The van der Waals surface area contributed by atoms with Crippen molar-refractivity contribution in [1.82, 2.24) is 15.0 Å². The molecule has 4 N–H and O–H groups in total. The largest absolute Gasteiger partial charge is 0.395 e. The zero-order valence-corrected chi connectivity index (χ0v) is 20.8. The standard InChI is InChI=1S/C24H30ClN5O3S/c1-14(22(31)27-16-6-2-3-7-16)30(18-12-10-15(25)11-13-18)24(33)21-19(26)20(29-34-21)23(32)28-17-8-4-5-9-17/h10-14,16-17H,2-9,26H2,1H3,(H,27,31)(H,28,32)/t14-/m1/s1. The molecule has 10 heteroatoms. The van der Waals surface area contributed by atoms with Gasteiger partial charge in [0.1, 0.15) is 10.9 Å². The number of carbonyl (C=O) groups is 3. The van der Waals surface area contributed by atoms with Crippen LogP contribution in [0, 0.1) is 0 Å². The first-order valence-electron chi connectivity index (χ1n) is 11.8. The summed E-state index contributed by atoms with van der Waals surface area (Å²) in [6.45, 7) is 1.68. The first-order valence-corrected chi connectivity index (χ1v) is 13.0. The molecule has 182 valence electrons. The molecule has 0 aliphatic heterocycles. The van der Waals surface area contributed by atoms with Gasteiger partial charge in [0.05, 0.1) is 5.69 Å². The van der Waals surface area contributed by atoms with Gasteiger partial charge < -0.3 is 16.4 Å². The number of nitrogen functional groups attached to an aromatic ring is 1. The molecule has 2 aromatic rings. The molecule has 4 rings (SSSR count). The van der Waals surface area contributed by atoms with E-state index in [1.807, 2.05) is 0 Å². The number of amides is 3. The zero-order valence-electron chi connectivity index (χ0n) is 19.2. The lowest BCUT2D eigenvalue weighted by Crippen LogP contribution is -2.50. The lowest BCUT2D eigenvalue weighted by molar-refractivity contribution is -0.122. The average Bonchev–Trinajstić information content (AvgIpc) is 3.58. The first-order chi connectivity index (χ1) is 16.3. The Bertz CT molecular complexity index is 1050. The highest BCUT2D eigenvalue weighted by Gasteiger charge is 2.34. The molecule has 1 aromatic carbocycles. The van der Waals surface area contributed by atoms with Crippen LogP contribution in [0.5, 0.6) is 0 Å². The molecule has 1 heterocycles. The molecule has 1 atom stereocenters. The average molecular weight is 504 g/mol. The summed E-state index contributed by atoms with van der Waals surface area (Å²) in [5.74, 6) is -1.09. The zero-order chi connectivity index (χ0) is 24.2. The van der Waals surface area contributed by atoms with Gasteiger partial charge in [-0.2, -0.15) is 4.37 Å². The van der Waals surface area contributed by atoms with Gasteiger partial charge in [0.25, 0.3) is 11.8 Å². The highest BCUT2D eigenvalue weighted by atomic mass is 35.5. The number of hydrogen-bond donors (Lipinski definition) is 3. The van der Waals surface area contributed by atoms with Crippen LogP contribution in [0.3, 0.4) is 0 Å². The number of hydrogen-bond acceptors (Lipinski definition) is 6. The third-order valence-electron chi connectivity index (χ3n) is 6.62. The molecule has 2 fully saturated rings. The van der Waals surface area contributed by atoms with Gasteiger partial charge in [-0.05, 0) is 68.4 Å². The minimum atomic E-state index is -0.799. The molecule has 0 saturated heterocycles. The highest BCUT2D eigenvalue weighted by Crippen LogP contribution is 2.29. The summed E-state index contributed by atoms with van der Waals surface area (Å²) < 4.78 is 4.19. The maximum atomic E-state index is 13.7. The summed E-state index contributed by atoms with van der Waals surface area (Å²) in [7, 11) is 0. The van der Waals surface area contributed by atoms with Crippen molar-refractivity contribution in [2.75, 3.05) is 10.6 Å². The molecule has 0 unspecified atom stereocenters. The fraction of sp³-hybridized carbons (Fsp3) is 0.500. The van der Waals surface area contributed by atoms with Crippen LogP contribution in [-0.2, 0) is 4.79 Å². The van der Waals surface area contributed by atoms with E-state index in [-0.39, 0.29) is 40.2 Å². The van der Waals surface area contributed by atoms with Gasteiger partial charge in [-0.25, -0.2) is 0 Å². The van der Waals surface area contributed by atoms with E-state index in [0.717, 1.165) is 62.9 Å². The summed E-state index contributed by atoms with van der Waals surface area (Å²) in [6, 6.07) is 6.13. The van der Waals surface area contributed by atoms with E-state index in [0.29, 0.717) is 10.7 Å². The second kappa shape index (κ2) is 10.7. The summed E-state index contributed by atoms with van der Waals surface area (Å²) in [5, 5.41) is 6.53. The molecule has 2 saturated carbocycles. The Hall–Kier alpha value is -2.65. The Kier molecular flexibility index (Phi) is 7.73. The number of nitrogens with one attached hydrogen (secondary N) is 2. The molecule has 0 spiro atoms. The van der Waals surface area contributed by atoms with Crippen LogP contribution in [0.1, 0.15) is 78.5 Å². The normalized spacial score (nSPS) is 17.5. The molecule has 0 radical (unpaired) electrons. The van der Waals surface area contributed by atoms with Crippen LogP contribution >= 0.6 is 23.1 Å². The maximum absolute atomic E-state index is 13.7. The Balaban J connectivity index is 1.58. The van der Waals surface area contributed by atoms with Gasteiger partial charge in [-0.3, -0.25) is 19.3 Å². The predicted molar refractivity (Wildman–Crippen MR) is 134 cm³/mol. The van der Waals surface area contributed by atoms with Crippen molar-refractivity contribution in [2.24, 2.45) is 0 Å². The van der Waals surface area contributed by atoms with Gasteiger partial charge in [0.15, 0.2) is 5.69 Å². The minimum Gasteiger partial charge on any atom is -0.395 e. The Labute approximate surface area is 208 Å². The summed E-state index contributed by atoms with van der Waals surface area (Å²) in [4.78, 5) is 41.0. The predicted octanol–water partition coefficient (Wildman–Crippen LogP) is 4.15. The quantitative estimate of drug-likeness (QED) is 0.524. The number of nitrogens with zero attached hydrogens (tertiary/aromatic N) is 2. The van der Waals surface area contributed by atoms with Crippen LogP contribution in [-0.4, -0.2) is 40.2 Å². The Morgan fingerprint density at radius 3 is 2.18 bits per heavy atom. The Morgan fingerprint density at radius 1 is 1.03 bits per heavy atom. The third kappa shape index (κ3) is 5.36. The lowest BCUT2D eigenvalue weighted by Gasteiger charge is -2.29. The van der Waals surface area contributed by atoms with E-state index >= 15 is 0 Å². The first kappa shape index (κ1) is 24.5. The summed E-state index contributed by atoms with van der Waals surface area (Å²) >= 11 is 6.92. The monoisotopic (exact) mass is 503 g/mol. The molecule has 34 heavy (non-hydrogen) atoms. The summed E-state index contributed by atoms with van der Waals surface area (Å²) in [5.41, 5.74) is 6.84. The summed E-state index contributed by atoms with van der Waals surface area (Å²) in [6.07, 6.45) is 8.07. The van der Waals surface area contributed by atoms with Crippen LogP contribution in [0.25, 0.3) is 0 Å². The van der Waals surface area contributed by atoms with E-state index < -0.39 is 11.9 Å². The number of anilines is 2. The molecule has 8 nitrogen and oxygen atoms in total. The van der Waals surface area contributed by atoms with E-state index in [1.54, 1.807) is 31.2 Å². The topological polar surface area (TPSA) is 117 Å². The number of nitrogens with two attached hydrogens (primary N) is 1. The van der Waals surface area contributed by atoms with Crippen LogP contribution < -0.4 is 21.3 Å². The van der Waals surface area contributed by atoms with Crippen molar-refractivity contribution in [2.45, 2.75) is 76.4 Å². The maximum Gasteiger partial charge on any atom is 0.273 e. The van der Waals surface area contributed by atoms with E-state index in [1.165, 1.54) is 4.90 Å². The van der Waals surface area contributed by atoms with E-state index in [2.05, 4.69) is 15.0 Å². The van der Waals surface area contributed by atoms with Crippen molar-refractivity contribution in [3.05, 3.63) is 39.9 Å². The smallest absolute Gasteiger partial charge is 0.273 e. The Morgan fingerprint density at radius 2 is 1.59 bits per heavy atom. The molecular formula is C24H30ClN5O3S. The number of aromatic nitrogens is 1. The van der Waals surface area contributed by atoms with Gasteiger partial charge in [-0.1, -0.05) is 37.3 Å². The van der Waals surface area contributed by atoms with Crippen molar-refractivity contribution in [3.63, 3.8) is 0 Å². The van der Waals surface area contributed by atoms with Crippen LogP contribution in [0.4, 0.5) is 11.4 Å². The molecule has 2 aliphatic carbocycles. The molecule has 3 amide bonds. The van der Waals surface area contributed by atoms with E-state index in [4.69, 9.17) is 17.3 Å². The lowest BCUT2D eigenvalue weighted by atomic mass is 10.1. The minimum absolute atomic E-state index is 0.0351. The van der Waals surface area contributed by atoms with Crippen molar-refractivity contribution >= 4 is 52.2 Å². The van der Waals surface area contributed by atoms with Gasteiger partial charge in [0, 0.05) is 22.8 Å². The number of rotatable bonds is 7. The van der Waals surface area contributed by atoms with Crippen LogP contribution in [0.2, 0.25) is 5.02 Å². The van der Waals surface area contributed by atoms with Crippen LogP contribution in [0.15, 0.2) is 24.3 Å². The van der Waals surface area contributed by atoms with E-state index in [9.17, 15) is 14.4 Å². The van der Waals surface area contributed by atoms with Crippen molar-refractivity contribution in [1.29, 1.82) is 0 Å². The molecule has 2 aliphatic rings. The van der Waals surface area contributed by atoms with Gasteiger partial charge in [0.2, 0.25) is 5.91 Å². The number of benzene rings is 1. The van der Waals surface area contributed by atoms with Gasteiger partial charge in [-0.15, -0.1) is 0 Å². The fourth-order valence-corrected chi connectivity index (χ4v) is 5.54. The highest BCUT2D eigenvalue weighted by molar-refractivity contribution is 7.09. The second-order valence-electron chi connectivity index (χ2n) is 9.05. The molecule has 1 aromatic heterocycles. The number of carbonyl (C=O) groups excluding carboxylic acids is 3.